The number of hydrogen-bond acceptors (Lipinski definition) is 1. The highest BCUT2D eigenvalue weighted by molar-refractivity contribution is 5.35. The molecule has 1 nitrogen and oxygen atoms in total. The molecule has 1 aromatic rings. The van der Waals surface area contributed by atoms with Crippen molar-refractivity contribution in [3.63, 3.8) is 0 Å². The molecular weight excluding hydrogens is 328 g/mol. The Bertz CT molecular complexity index is 453. The quantitative estimate of drug-likeness (QED) is 0.270. The van der Waals surface area contributed by atoms with E-state index < -0.39 is 0 Å². The molecule has 2 unspecified atom stereocenters. The van der Waals surface area contributed by atoms with Gasteiger partial charge in [0.1, 0.15) is 5.75 Å². The maximum absolute atomic E-state index is 10.6. The van der Waals surface area contributed by atoms with Crippen LogP contribution in [0.3, 0.4) is 0 Å². The van der Waals surface area contributed by atoms with Crippen molar-refractivity contribution < 1.29 is 5.11 Å². The number of unbranched alkanes of at least 4 members (excludes halogenated alkanes) is 9. The Morgan fingerprint density at radius 1 is 0.630 bits per heavy atom. The zero-order chi connectivity index (χ0) is 19.7. The molecule has 27 heavy (non-hydrogen) atoms. The molecule has 1 aromatic carbocycles. The van der Waals surface area contributed by atoms with Gasteiger partial charge in [-0.15, -0.1) is 0 Å². The van der Waals surface area contributed by atoms with Gasteiger partial charge in [0.25, 0.3) is 0 Å². The molecule has 1 heteroatoms. The summed E-state index contributed by atoms with van der Waals surface area (Å²) in [6.07, 6.45) is 19.9. The summed E-state index contributed by atoms with van der Waals surface area (Å²) < 4.78 is 0. The predicted octanol–water partition coefficient (Wildman–Crippen LogP) is 9.00. The van der Waals surface area contributed by atoms with Gasteiger partial charge < -0.3 is 5.11 Å². The van der Waals surface area contributed by atoms with Crippen LogP contribution >= 0.6 is 0 Å². The molecule has 0 radical (unpaired) electrons. The summed E-state index contributed by atoms with van der Waals surface area (Å²) in [5, 5.41) is 10.6. The fraction of sp³-hybridized carbons (Fsp3) is 0.769. The van der Waals surface area contributed by atoms with Crippen molar-refractivity contribution in [2.24, 2.45) is 5.92 Å². The van der Waals surface area contributed by atoms with E-state index in [2.05, 4.69) is 32.9 Å². The second-order valence-electron chi connectivity index (χ2n) is 8.47. The lowest BCUT2D eigenvalue weighted by atomic mass is 9.76. The first-order chi connectivity index (χ1) is 13.2. The third-order valence-electron chi connectivity index (χ3n) is 6.13. The molecule has 0 amide bonds. The highest BCUT2D eigenvalue weighted by Crippen LogP contribution is 2.40. The summed E-state index contributed by atoms with van der Waals surface area (Å²) in [6.45, 7) is 6.87. The smallest absolute Gasteiger partial charge is 0.119 e. The van der Waals surface area contributed by atoms with Gasteiger partial charge in [-0.3, -0.25) is 0 Å². The Morgan fingerprint density at radius 3 is 1.74 bits per heavy atom. The minimum atomic E-state index is 0.519. The summed E-state index contributed by atoms with van der Waals surface area (Å²) in [5.41, 5.74) is 1.21. The van der Waals surface area contributed by atoms with Crippen LogP contribution in [0, 0.1) is 5.92 Å². The van der Waals surface area contributed by atoms with Gasteiger partial charge in [-0.2, -0.15) is 0 Å². The second-order valence-corrected chi connectivity index (χ2v) is 8.47. The minimum Gasteiger partial charge on any atom is -0.508 e. The molecule has 0 saturated heterocycles. The zero-order valence-corrected chi connectivity index (χ0v) is 18.5. The first kappa shape index (κ1) is 24.1. The number of rotatable bonds is 17. The summed E-state index contributed by atoms with van der Waals surface area (Å²) in [4.78, 5) is 0. The van der Waals surface area contributed by atoms with Crippen LogP contribution in [0.4, 0.5) is 0 Å². The van der Waals surface area contributed by atoms with E-state index in [0.717, 1.165) is 5.92 Å². The molecule has 0 aliphatic heterocycles. The molecule has 0 heterocycles. The molecule has 0 saturated carbocycles. The molecule has 2 atom stereocenters. The minimum absolute atomic E-state index is 0.519. The van der Waals surface area contributed by atoms with E-state index in [-0.39, 0.29) is 0 Å². The molecule has 0 aromatic heterocycles. The van der Waals surface area contributed by atoms with Crippen molar-refractivity contribution in [2.45, 2.75) is 123 Å². The van der Waals surface area contributed by atoms with Crippen molar-refractivity contribution in [2.75, 3.05) is 0 Å². The van der Waals surface area contributed by atoms with Gasteiger partial charge in [-0.05, 0) is 42.7 Å². The second kappa shape index (κ2) is 16.0. The van der Waals surface area contributed by atoms with Crippen molar-refractivity contribution in [3.8, 4) is 5.75 Å². The van der Waals surface area contributed by atoms with E-state index in [1.54, 1.807) is 0 Å². The third-order valence-corrected chi connectivity index (χ3v) is 6.13. The van der Waals surface area contributed by atoms with Crippen molar-refractivity contribution in [1.29, 1.82) is 0 Å². The molecule has 1 N–H and O–H groups in total. The Labute approximate surface area is 170 Å². The molecule has 0 aliphatic rings. The highest BCUT2D eigenvalue weighted by atomic mass is 16.3. The average Bonchev–Trinajstić information content (AvgIpc) is 2.68. The number of phenols is 1. The van der Waals surface area contributed by atoms with Crippen LogP contribution < -0.4 is 0 Å². The van der Waals surface area contributed by atoms with E-state index in [1.807, 2.05) is 12.1 Å². The number of hydrogen-bond donors (Lipinski definition) is 1. The van der Waals surface area contributed by atoms with Crippen molar-refractivity contribution >= 4 is 0 Å². The zero-order valence-electron chi connectivity index (χ0n) is 18.5. The largest absolute Gasteiger partial charge is 0.508 e. The van der Waals surface area contributed by atoms with Crippen molar-refractivity contribution in [1.82, 2.24) is 0 Å². The first-order valence-electron chi connectivity index (χ1n) is 12.0. The predicted molar refractivity (Wildman–Crippen MR) is 121 cm³/mol. The van der Waals surface area contributed by atoms with Crippen LogP contribution in [0.1, 0.15) is 129 Å². The van der Waals surface area contributed by atoms with Crippen LogP contribution in [0.5, 0.6) is 5.75 Å². The lowest BCUT2D eigenvalue weighted by molar-refractivity contribution is 0.316. The number of benzene rings is 1. The molecular formula is C26H46O. The number of phenolic OH excluding ortho intramolecular Hbond substituents is 1. The summed E-state index contributed by atoms with van der Waals surface area (Å²) in [6, 6.07) is 8.15. The molecule has 0 bridgehead atoms. The van der Waals surface area contributed by atoms with Crippen LogP contribution in [0.25, 0.3) is 0 Å². The molecule has 0 fully saturated rings. The van der Waals surface area contributed by atoms with Crippen LogP contribution in [-0.2, 0) is 0 Å². The Balaban J connectivity index is 2.81. The third kappa shape index (κ3) is 10.2. The van der Waals surface area contributed by atoms with Crippen LogP contribution in [0.15, 0.2) is 24.3 Å². The standard InChI is InChI=1S/C26H46O/c1-4-7-10-12-15-20-24(25-21-16-17-22-26(25)27)23(18-13-9-6-3)19-14-11-8-5-2/h16-17,21-24,27H,4-15,18-20H2,1-3H3. The van der Waals surface area contributed by atoms with E-state index in [0.29, 0.717) is 11.7 Å². The number of para-hydroxylation sites is 1. The Morgan fingerprint density at radius 2 is 1.11 bits per heavy atom. The molecule has 0 aliphatic carbocycles. The fourth-order valence-electron chi connectivity index (χ4n) is 4.45. The van der Waals surface area contributed by atoms with Crippen LogP contribution in [0.2, 0.25) is 0 Å². The van der Waals surface area contributed by atoms with Gasteiger partial charge in [0.15, 0.2) is 0 Å². The van der Waals surface area contributed by atoms with Gasteiger partial charge in [-0.1, -0.05) is 116 Å². The topological polar surface area (TPSA) is 20.2 Å². The monoisotopic (exact) mass is 374 g/mol. The SMILES string of the molecule is CCCCCCCC(c1ccccc1O)C(CCCCC)CCCCCC. The van der Waals surface area contributed by atoms with E-state index in [1.165, 1.54) is 102 Å². The molecule has 1 rings (SSSR count). The first-order valence-corrected chi connectivity index (χ1v) is 12.0. The lowest BCUT2D eigenvalue weighted by Crippen LogP contribution is -2.14. The summed E-state index contributed by atoms with van der Waals surface area (Å²) in [5.74, 6) is 1.78. The van der Waals surface area contributed by atoms with E-state index in [9.17, 15) is 5.11 Å². The van der Waals surface area contributed by atoms with Crippen molar-refractivity contribution in [3.05, 3.63) is 29.8 Å². The van der Waals surface area contributed by atoms with Crippen LogP contribution in [-0.4, -0.2) is 5.11 Å². The maximum atomic E-state index is 10.6. The molecule has 0 spiro atoms. The van der Waals surface area contributed by atoms with Gasteiger partial charge in [0.2, 0.25) is 0 Å². The maximum Gasteiger partial charge on any atom is 0.119 e. The van der Waals surface area contributed by atoms with Gasteiger partial charge in [-0.25, -0.2) is 0 Å². The van der Waals surface area contributed by atoms with Gasteiger partial charge >= 0.3 is 0 Å². The Kier molecular flexibility index (Phi) is 14.3. The summed E-state index contributed by atoms with van der Waals surface area (Å²) in [7, 11) is 0. The highest BCUT2D eigenvalue weighted by Gasteiger charge is 2.24. The summed E-state index contributed by atoms with van der Waals surface area (Å²) >= 11 is 0. The van der Waals surface area contributed by atoms with Gasteiger partial charge in [0, 0.05) is 0 Å². The van der Waals surface area contributed by atoms with E-state index >= 15 is 0 Å². The number of aromatic hydroxyl groups is 1. The van der Waals surface area contributed by atoms with E-state index in [4.69, 9.17) is 0 Å². The average molecular weight is 375 g/mol. The lowest BCUT2D eigenvalue weighted by Gasteiger charge is -2.29. The normalized spacial score (nSPS) is 13.6. The fourth-order valence-corrected chi connectivity index (χ4v) is 4.45. The van der Waals surface area contributed by atoms with Gasteiger partial charge in [0.05, 0.1) is 0 Å². The Hall–Kier alpha value is -0.980. The molecule has 156 valence electrons.